The zero-order chi connectivity index (χ0) is 13.4. The summed E-state index contributed by atoms with van der Waals surface area (Å²) in [5.41, 5.74) is 3.56. The van der Waals surface area contributed by atoms with E-state index in [-0.39, 0.29) is 5.91 Å². The number of benzene rings is 1. The Kier molecular flexibility index (Phi) is 6.44. The second-order valence-corrected chi connectivity index (χ2v) is 4.50. The van der Waals surface area contributed by atoms with E-state index >= 15 is 0 Å². The van der Waals surface area contributed by atoms with Gasteiger partial charge in [-0.05, 0) is 43.9 Å². The van der Waals surface area contributed by atoms with Crippen molar-refractivity contribution in [2.45, 2.75) is 33.6 Å². The van der Waals surface area contributed by atoms with Gasteiger partial charge in [0.1, 0.15) is 0 Å². The summed E-state index contributed by atoms with van der Waals surface area (Å²) in [5.74, 6) is 0.0785. The van der Waals surface area contributed by atoms with Crippen LogP contribution in [0.25, 0.3) is 0 Å². The van der Waals surface area contributed by atoms with Gasteiger partial charge in [0.15, 0.2) is 0 Å². The molecule has 3 nitrogen and oxygen atoms in total. The summed E-state index contributed by atoms with van der Waals surface area (Å²) in [6.07, 6.45) is 1.32. The molecule has 1 aromatic rings. The second kappa shape index (κ2) is 7.88. The zero-order valence-electron chi connectivity index (χ0n) is 11.6. The van der Waals surface area contributed by atoms with Gasteiger partial charge in [-0.3, -0.25) is 4.79 Å². The molecule has 0 atom stereocenters. The molecule has 1 rings (SSSR count). The van der Waals surface area contributed by atoms with Crippen molar-refractivity contribution in [1.82, 2.24) is 5.32 Å². The lowest BCUT2D eigenvalue weighted by Gasteiger charge is -2.07. The third-order valence-electron chi connectivity index (χ3n) is 2.93. The number of rotatable bonds is 7. The lowest BCUT2D eigenvalue weighted by Crippen LogP contribution is -2.26. The maximum absolute atomic E-state index is 11.7. The van der Waals surface area contributed by atoms with E-state index in [1.54, 1.807) is 0 Å². The fourth-order valence-electron chi connectivity index (χ4n) is 1.71. The van der Waals surface area contributed by atoms with Crippen molar-refractivity contribution in [2.24, 2.45) is 0 Å². The molecule has 0 fully saturated rings. The van der Waals surface area contributed by atoms with Gasteiger partial charge >= 0.3 is 0 Å². The molecule has 1 amide bonds. The van der Waals surface area contributed by atoms with Gasteiger partial charge in [-0.2, -0.15) is 0 Å². The summed E-state index contributed by atoms with van der Waals surface area (Å²) >= 11 is 0. The molecule has 0 spiro atoms. The smallest absolute Gasteiger partial charge is 0.224 e. The molecule has 0 saturated heterocycles. The molecule has 0 saturated carbocycles. The molecule has 18 heavy (non-hydrogen) atoms. The Bertz CT molecular complexity index is 388. The van der Waals surface area contributed by atoms with Gasteiger partial charge in [0.25, 0.3) is 0 Å². The number of carbonyl (C=O) groups is 1. The first-order valence-electron chi connectivity index (χ1n) is 6.54. The Balaban J connectivity index is 2.29. The summed E-state index contributed by atoms with van der Waals surface area (Å²) < 4.78 is 5.21. The number of amides is 1. The van der Waals surface area contributed by atoms with E-state index < -0.39 is 0 Å². The molecule has 1 aromatic carbocycles. The number of hydrogen-bond acceptors (Lipinski definition) is 2. The van der Waals surface area contributed by atoms with E-state index in [4.69, 9.17) is 4.74 Å². The number of aryl methyl sites for hydroxylation is 2. The van der Waals surface area contributed by atoms with Gasteiger partial charge in [-0.25, -0.2) is 0 Å². The predicted molar refractivity (Wildman–Crippen MR) is 73.7 cm³/mol. The first kappa shape index (κ1) is 14.7. The fourth-order valence-corrected chi connectivity index (χ4v) is 1.71. The molecule has 0 bridgehead atoms. The highest BCUT2D eigenvalue weighted by Crippen LogP contribution is 2.10. The van der Waals surface area contributed by atoms with Crippen LogP contribution < -0.4 is 5.32 Å². The Morgan fingerprint density at radius 2 is 2.06 bits per heavy atom. The van der Waals surface area contributed by atoms with E-state index in [1.165, 1.54) is 11.1 Å². The summed E-state index contributed by atoms with van der Waals surface area (Å²) in [7, 11) is 0. The van der Waals surface area contributed by atoms with Crippen LogP contribution in [0.2, 0.25) is 0 Å². The van der Waals surface area contributed by atoms with Crippen LogP contribution in [0.3, 0.4) is 0 Å². The Morgan fingerprint density at radius 3 is 2.72 bits per heavy atom. The molecular formula is C15H23NO2. The van der Waals surface area contributed by atoms with Crippen molar-refractivity contribution in [2.75, 3.05) is 19.8 Å². The Hall–Kier alpha value is -1.35. The third kappa shape index (κ3) is 5.32. The highest BCUT2D eigenvalue weighted by molar-refractivity contribution is 5.78. The average molecular weight is 249 g/mol. The minimum atomic E-state index is 0.0785. The van der Waals surface area contributed by atoms with Gasteiger partial charge in [-0.1, -0.05) is 18.2 Å². The van der Waals surface area contributed by atoms with Gasteiger partial charge in [-0.15, -0.1) is 0 Å². The van der Waals surface area contributed by atoms with E-state index in [2.05, 4.69) is 31.3 Å². The number of hydrogen-bond donors (Lipinski definition) is 1. The van der Waals surface area contributed by atoms with Crippen molar-refractivity contribution < 1.29 is 9.53 Å². The lowest BCUT2D eigenvalue weighted by molar-refractivity contribution is -0.120. The van der Waals surface area contributed by atoms with Crippen LogP contribution in [0.4, 0.5) is 0 Å². The van der Waals surface area contributed by atoms with Crippen LogP contribution in [0.15, 0.2) is 18.2 Å². The minimum Gasteiger partial charge on any atom is -0.382 e. The molecule has 1 N–H and O–H groups in total. The molecule has 0 radical (unpaired) electrons. The van der Waals surface area contributed by atoms with Crippen LogP contribution in [-0.4, -0.2) is 25.7 Å². The first-order valence-corrected chi connectivity index (χ1v) is 6.54. The monoisotopic (exact) mass is 249 g/mol. The summed E-state index contributed by atoms with van der Waals surface area (Å²) in [6.45, 7) is 8.24. The summed E-state index contributed by atoms with van der Waals surface area (Å²) in [4.78, 5) is 11.7. The number of ether oxygens (including phenoxy) is 1. The van der Waals surface area contributed by atoms with E-state index in [1.807, 2.05) is 13.0 Å². The van der Waals surface area contributed by atoms with E-state index in [0.717, 1.165) is 18.6 Å². The highest BCUT2D eigenvalue weighted by Gasteiger charge is 2.03. The van der Waals surface area contributed by atoms with Crippen LogP contribution >= 0.6 is 0 Å². The van der Waals surface area contributed by atoms with Crippen LogP contribution in [0.1, 0.15) is 30.0 Å². The SMILES string of the molecule is CCOCCCNC(=O)Cc1ccc(C)c(C)c1. The van der Waals surface area contributed by atoms with Crippen LogP contribution in [0, 0.1) is 13.8 Å². The third-order valence-corrected chi connectivity index (χ3v) is 2.93. The van der Waals surface area contributed by atoms with Crippen molar-refractivity contribution in [1.29, 1.82) is 0 Å². The highest BCUT2D eigenvalue weighted by atomic mass is 16.5. The fraction of sp³-hybridized carbons (Fsp3) is 0.533. The van der Waals surface area contributed by atoms with Crippen molar-refractivity contribution in [3.05, 3.63) is 34.9 Å². The van der Waals surface area contributed by atoms with Crippen LogP contribution in [-0.2, 0) is 16.0 Å². The normalized spacial score (nSPS) is 10.4. The van der Waals surface area contributed by atoms with Crippen molar-refractivity contribution in [3.8, 4) is 0 Å². The van der Waals surface area contributed by atoms with Crippen LogP contribution in [0.5, 0.6) is 0 Å². The van der Waals surface area contributed by atoms with Gasteiger partial charge in [0.2, 0.25) is 5.91 Å². The van der Waals surface area contributed by atoms with Gasteiger partial charge in [0, 0.05) is 19.8 Å². The molecule has 0 heterocycles. The Labute approximate surface area is 110 Å². The molecule has 100 valence electrons. The average Bonchev–Trinajstić information content (AvgIpc) is 2.34. The molecule has 0 unspecified atom stereocenters. The summed E-state index contributed by atoms with van der Waals surface area (Å²) in [5, 5.41) is 2.91. The maximum atomic E-state index is 11.7. The largest absolute Gasteiger partial charge is 0.382 e. The van der Waals surface area contributed by atoms with Gasteiger partial charge < -0.3 is 10.1 Å². The summed E-state index contributed by atoms with van der Waals surface area (Å²) in [6, 6.07) is 6.16. The first-order chi connectivity index (χ1) is 8.63. The molecule has 0 aromatic heterocycles. The topological polar surface area (TPSA) is 38.3 Å². The maximum Gasteiger partial charge on any atom is 0.224 e. The molecule has 0 aliphatic carbocycles. The van der Waals surface area contributed by atoms with E-state index in [9.17, 15) is 4.79 Å². The van der Waals surface area contributed by atoms with E-state index in [0.29, 0.717) is 19.6 Å². The molecule has 0 aliphatic rings. The minimum absolute atomic E-state index is 0.0785. The standard InChI is InChI=1S/C15H23NO2/c1-4-18-9-5-8-16-15(17)11-14-7-6-12(2)13(3)10-14/h6-7,10H,4-5,8-9,11H2,1-3H3,(H,16,17). The molecule has 3 heteroatoms. The number of nitrogens with one attached hydrogen (secondary N) is 1. The quantitative estimate of drug-likeness (QED) is 0.754. The molecular weight excluding hydrogens is 226 g/mol. The second-order valence-electron chi connectivity index (χ2n) is 4.50. The molecule has 0 aliphatic heterocycles. The zero-order valence-corrected chi connectivity index (χ0v) is 11.6. The van der Waals surface area contributed by atoms with Crippen molar-refractivity contribution >= 4 is 5.91 Å². The lowest BCUT2D eigenvalue weighted by atomic mass is 10.0. The van der Waals surface area contributed by atoms with Gasteiger partial charge in [0.05, 0.1) is 6.42 Å². The number of carbonyl (C=O) groups excluding carboxylic acids is 1. The predicted octanol–water partition coefficient (Wildman–Crippen LogP) is 2.39. The van der Waals surface area contributed by atoms with Crippen molar-refractivity contribution in [3.63, 3.8) is 0 Å². The Morgan fingerprint density at radius 1 is 1.28 bits per heavy atom.